The lowest BCUT2D eigenvalue weighted by atomic mass is 9.99. The molecule has 19 heavy (non-hydrogen) atoms. The molecule has 0 aromatic heterocycles. The molecule has 0 saturated heterocycles. The molecule has 1 atom stereocenters. The van der Waals surface area contributed by atoms with Gasteiger partial charge in [-0.05, 0) is 45.6 Å². The maximum Gasteiger partial charge on any atom is 0.124 e. The Hall–Kier alpha value is -1.02. The summed E-state index contributed by atoms with van der Waals surface area (Å²) < 4.78 is 5.86. The second-order valence-electron chi connectivity index (χ2n) is 5.99. The van der Waals surface area contributed by atoms with Crippen LogP contribution in [0.5, 0.6) is 5.75 Å². The normalized spacial score (nSPS) is 17.9. The number of nitrogens with one attached hydrogen (secondary N) is 1. The highest BCUT2D eigenvalue weighted by Crippen LogP contribution is 2.28. The van der Waals surface area contributed by atoms with Crippen LogP contribution >= 0.6 is 0 Å². The minimum absolute atomic E-state index is 0.230. The Bertz CT molecular complexity index is 383. The molecule has 1 N–H and O–H groups in total. The molecule has 106 valence electrons. The molecule has 1 aliphatic rings. The van der Waals surface area contributed by atoms with Gasteiger partial charge in [0.1, 0.15) is 5.75 Å². The summed E-state index contributed by atoms with van der Waals surface area (Å²) in [5.74, 6) is 1.88. The van der Waals surface area contributed by atoms with E-state index in [1.807, 2.05) is 6.07 Å². The van der Waals surface area contributed by atoms with Crippen LogP contribution in [-0.4, -0.2) is 12.1 Å². The molecule has 0 bridgehead atoms. The van der Waals surface area contributed by atoms with Crippen molar-refractivity contribution in [3.05, 3.63) is 29.8 Å². The topological polar surface area (TPSA) is 21.3 Å². The molecule has 1 aliphatic carbocycles. The largest absolute Gasteiger partial charge is 0.491 e. The summed E-state index contributed by atoms with van der Waals surface area (Å²) in [6.45, 7) is 7.37. The van der Waals surface area contributed by atoms with Gasteiger partial charge in [0.25, 0.3) is 0 Å². The molecule has 0 radical (unpaired) electrons. The number of hydrogen-bond acceptors (Lipinski definition) is 2. The smallest absolute Gasteiger partial charge is 0.124 e. The second-order valence-corrected chi connectivity index (χ2v) is 5.99. The summed E-state index contributed by atoms with van der Waals surface area (Å²) in [5.41, 5.74) is 1.26. The molecule has 0 heterocycles. The van der Waals surface area contributed by atoms with Gasteiger partial charge in [-0.15, -0.1) is 0 Å². The molecule has 0 spiro atoms. The maximum atomic E-state index is 5.86. The first-order valence-corrected chi connectivity index (χ1v) is 7.64. The number of para-hydroxylation sites is 1. The second kappa shape index (κ2) is 6.95. The van der Waals surface area contributed by atoms with Crippen molar-refractivity contribution in [2.75, 3.05) is 0 Å². The van der Waals surface area contributed by atoms with E-state index in [9.17, 15) is 0 Å². The van der Waals surface area contributed by atoms with Gasteiger partial charge in [0.2, 0.25) is 0 Å². The third-order valence-electron chi connectivity index (χ3n) is 4.06. The zero-order valence-corrected chi connectivity index (χ0v) is 12.5. The predicted molar refractivity (Wildman–Crippen MR) is 80.5 cm³/mol. The SMILES string of the molecule is CC(C)Oc1ccccc1CN[C@H](C)C1CCCC1. The van der Waals surface area contributed by atoms with E-state index in [0.29, 0.717) is 6.04 Å². The highest BCUT2D eigenvalue weighted by atomic mass is 16.5. The van der Waals surface area contributed by atoms with Crippen molar-refractivity contribution < 1.29 is 4.74 Å². The van der Waals surface area contributed by atoms with E-state index in [2.05, 4.69) is 44.3 Å². The number of hydrogen-bond donors (Lipinski definition) is 1. The van der Waals surface area contributed by atoms with E-state index < -0.39 is 0 Å². The van der Waals surface area contributed by atoms with Gasteiger partial charge in [-0.2, -0.15) is 0 Å². The van der Waals surface area contributed by atoms with Crippen LogP contribution in [0.4, 0.5) is 0 Å². The third kappa shape index (κ3) is 4.24. The van der Waals surface area contributed by atoms with Crippen molar-refractivity contribution in [1.29, 1.82) is 0 Å². The number of ether oxygens (including phenoxy) is 1. The van der Waals surface area contributed by atoms with Crippen molar-refractivity contribution in [2.24, 2.45) is 5.92 Å². The lowest BCUT2D eigenvalue weighted by Crippen LogP contribution is -2.31. The Morgan fingerprint density at radius 2 is 1.84 bits per heavy atom. The first-order valence-electron chi connectivity index (χ1n) is 7.64. The molecular weight excluding hydrogens is 234 g/mol. The predicted octanol–water partition coefficient (Wildman–Crippen LogP) is 4.14. The quantitative estimate of drug-likeness (QED) is 0.831. The summed E-state index contributed by atoms with van der Waals surface area (Å²) in [6.07, 6.45) is 5.82. The van der Waals surface area contributed by atoms with E-state index in [1.54, 1.807) is 0 Å². The Morgan fingerprint density at radius 1 is 1.16 bits per heavy atom. The van der Waals surface area contributed by atoms with Gasteiger partial charge >= 0.3 is 0 Å². The minimum atomic E-state index is 0.230. The molecule has 2 nitrogen and oxygen atoms in total. The van der Waals surface area contributed by atoms with Crippen LogP contribution < -0.4 is 10.1 Å². The third-order valence-corrected chi connectivity index (χ3v) is 4.06. The van der Waals surface area contributed by atoms with E-state index >= 15 is 0 Å². The summed E-state index contributed by atoms with van der Waals surface area (Å²) in [7, 11) is 0. The van der Waals surface area contributed by atoms with E-state index in [-0.39, 0.29) is 6.10 Å². The highest BCUT2D eigenvalue weighted by Gasteiger charge is 2.21. The maximum absolute atomic E-state index is 5.86. The van der Waals surface area contributed by atoms with Crippen molar-refractivity contribution in [1.82, 2.24) is 5.32 Å². The number of rotatable bonds is 6. The van der Waals surface area contributed by atoms with Crippen molar-refractivity contribution >= 4 is 0 Å². The van der Waals surface area contributed by atoms with Gasteiger partial charge in [-0.1, -0.05) is 31.0 Å². The van der Waals surface area contributed by atoms with Crippen LogP contribution in [0.25, 0.3) is 0 Å². The van der Waals surface area contributed by atoms with Crippen LogP contribution in [0.2, 0.25) is 0 Å². The Kier molecular flexibility index (Phi) is 5.26. The Balaban J connectivity index is 1.91. The fourth-order valence-electron chi connectivity index (χ4n) is 2.91. The lowest BCUT2D eigenvalue weighted by molar-refractivity contribution is 0.239. The Labute approximate surface area is 117 Å². The summed E-state index contributed by atoms with van der Waals surface area (Å²) >= 11 is 0. The van der Waals surface area contributed by atoms with Crippen molar-refractivity contribution in [3.8, 4) is 5.75 Å². The van der Waals surface area contributed by atoms with Gasteiger partial charge in [0.05, 0.1) is 6.10 Å². The molecule has 2 heteroatoms. The van der Waals surface area contributed by atoms with Gasteiger partial charge in [-0.3, -0.25) is 0 Å². The molecule has 0 unspecified atom stereocenters. The van der Waals surface area contributed by atoms with Gasteiger partial charge in [0, 0.05) is 18.2 Å². The van der Waals surface area contributed by atoms with Crippen molar-refractivity contribution in [3.63, 3.8) is 0 Å². The van der Waals surface area contributed by atoms with Crippen LogP contribution in [0, 0.1) is 5.92 Å². The lowest BCUT2D eigenvalue weighted by Gasteiger charge is -2.21. The molecular formula is C17H27NO. The molecule has 1 fully saturated rings. The fraction of sp³-hybridized carbons (Fsp3) is 0.647. The van der Waals surface area contributed by atoms with Gasteiger partial charge in [-0.25, -0.2) is 0 Å². The average molecular weight is 261 g/mol. The summed E-state index contributed by atoms with van der Waals surface area (Å²) in [4.78, 5) is 0. The van der Waals surface area contributed by atoms with Crippen LogP contribution in [0.15, 0.2) is 24.3 Å². The highest BCUT2D eigenvalue weighted by molar-refractivity contribution is 5.33. The van der Waals surface area contributed by atoms with Crippen LogP contribution in [0.1, 0.15) is 52.0 Å². The average Bonchev–Trinajstić information content (AvgIpc) is 2.90. The monoisotopic (exact) mass is 261 g/mol. The first-order chi connectivity index (χ1) is 9.16. The first kappa shape index (κ1) is 14.4. The van der Waals surface area contributed by atoms with Crippen LogP contribution in [-0.2, 0) is 6.54 Å². The van der Waals surface area contributed by atoms with Gasteiger partial charge in [0.15, 0.2) is 0 Å². The standard InChI is InChI=1S/C17H27NO/c1-13(2)19-17-11-7-6-10-16(17)12-18-14(3)15-8-4-5-9-15/h6-7,10-11,13-15,18H,4-5,8-9,12H2,1-3H3/t14-/m1/s1. The Morgan fingerprint density at radius 3 is 2.53 bits per heavy atom. The zero-order valence-electron chi connectivity index (χ0n) is 12.5. The minimum Gasteiger partial charge on any atom is -0.491 e. The van der Waals surface area contributed by atoms with Gasteiger partial charge < -0.3 is 10.1 Å². The summed E-state index contributed by atoms with van der Waals surface area (Å²) in [5, 5.41) is 3.67. The molecule has 1 saturated carbocycles. The van der Waals surface area contributed by atoms with E-state index in [0.717, 1.165) is 18.2 Å². The molecule has 1 aromatic rings. The molecule has 0 aliphatic heterocycles. The van der Waals surface area contributed by atoms with E-state index in [4.69, 9.17) is 4.74 Å². The van der Waals surface area contributed by atoms with Crippen molar-refractivity contribution in [2.45, 2.75) is 65.1 Å². The summed E-state index contributed by atoms with van der Waals surface area (Å²) in [6, 6.07) is 8.96. The number of benzene rings is 1. The molecule has 0 amide bonds. The zero-order chi connectivity index (χ0) is 13.7. The molecule has 2 rings (SSSR count). The fourth-order valence-corrected chi connectivity index (χ4v) is 2.91. The molecule has 1 aromatic carbocycles. The van der Waals surface area contributed by atoms with Crippen LogP contribution in [0.3, 0.4) is 0 Å². The van der Waals surface area contributed by atoms with E-state index in [1.165, 1.54) is 31.2 Å².